The number of rotatable bonds is 6. The van der Waals surface area contributed by atoms with E-state index in [1.54, 1.807) is 43.4 Å². The molecule has 0 aliphatic carbocycles. The normalized spacial score (nSPS) is 10.3. The maximum absolute atomic E-state index is 12.2. The van der Waals surface area contributed by atoms with Crippen LogP contribution in [0.2, 0.25) is 0 Å². The van der Waals surface area contributed by atoms with Crippen LogP contribution in [0.1, 0.15) is 29.8 Å². The Bertz CT molecular complexity index is 692. The first kappa shape index (κ1) is 17.5. The fourth-order valence-corrected chi connectivity index (χ4v) is 2.14. The van der Waals surface area contributed by atoms with E-state index in [9.17, 15) is 9.59 Å². The topological polar surface area (TPSA) is 67.4 Å². The van der Waals surface area contributed by atoms with Gasteiger partial charge in [-0.15, -0.1) is 0 Å². The maximum Gasteiger partial charge on any atom is 0.255 e. The Balaban J connectivity index is 1.97. The predicted octanol–water partition coefficient (Wildman–Crippen LogP) is 3.01. The molecule has 2 amide bonds. The molecule has 0 fully saturated rings. The van der Waals surface area contributed by atoms with Crippen LogP contribution in [0.3, 0.4) is 0 Å². The summed E-state index contributed by atoms with van der Waals surface area (Å²) in [5.74, 6) is 0.501. The second kappa shape index (κ2) is 8.15. The summed E-state index contributed by atoms with van der Waals surface area (Å²) in [6.07, 6.45) is 0.417. The van der Waals surface area contributed by atoms with Gasteiger partial charge in [0.2, 0.25) is 5.91 Å². The molecule has 0 saturated heterocycles. The molecule has 0 atom stereocenters. The third kappa shape index (κ3) is 5.12. The molecule has 5 nitrogen and oxygen atoms in total. The molecule has 24 heavy (non-hydrogen) atoms. The van der Waals surface area contributed by atoms with Crippen molar-refractivity contribution in [2.45, 2.75) is 26.4 Å². The van der Waals surface area contributed by atoms with E-state index in [1.807, 2.05) is 26.0 Å². The standard InChI is InChI=1S/C19H22N2O3/c1-13(2)24-17-10-6-15(7-11-17)19(23)21-16-8-4-14(5-9-16)12-18(22)20-3/h4-11,13H,12H2,1-3H3,(H,20,22)(H,21,23). The van der Waals surface area contributed by atoms with E-state index in [0.29, 0.717) is 17.7 Å². The lowest BCUT2D eigenvalue weighted by Gasteiger charge is -2.10. The Hall–Kier alpha value is -2.82. The molecule has 0 aliphatic heterocycles. The number of likely N-dealkylation sites (N-methyl/N-ethyl adjacent to an activating group) is 1. The molecule has 0 aromatic heterocycles. The molecule has 0 saturated carbocycles. The largest absolute Gasteiger partial charge is 0.491 e. The van der Waals surface area contributed by atoms with Crippen LogP contribution in [0.5, 0.6) is 5.75 Å². The van der Waals surface area contributed by atoms with Crippen LogP contribution in [0.25, 0.3) is 0 Å². The average Bonchev–Trinajstić information content (AvgIpc) is 2.56. The number of benzene rings is 2. The zero-order chi connectivity index (χ0) is 17.5. The first-order chi connectivity index (χ1) is 11.5. The van der Waals surface area contributed by atoms with Gasteiger partial charge < -0.3 is 15.4 Å². The number of carbonyl (C=O) groups excluding carboxylic acids is 2. The van der Waals surface area contributed by atoms with Crippen LogP contribution in [-0.2, 0) is 11.2 Å². The van der Waals surface area contributed by atoms with E-state index in [0.717, 1.165) is 11.3 Å². The Kier molecular flexibility index (Phi) is 5.95. The van der Waals surface area contributed by atoms with Gasteiger partial charge in [-0.25, -0.2) is 0 Å². The summed E-state index contributed by atoms with van der Waals surface area (Å²) in [6.45, 7) is 3.91. The summed E-state index contributed by atoms with van der Waals surface area (Å²) >= 11 is 0. The van der Waals surface area contributed by atoms with Crippen molar-refractivity contribution < 1.29 is 14.3 Å². The first-order valence-corrected chi connectivity index (χ1v) is 7.85. The van der Waals surface area contributed by atoms with E-state index in [1.165, 1.54) is 0 Å². The van der Waals surface area contributed by atoms with Crippen LogP contribution >= 0.6 is 0 Å². The van der Waals surface area contributed by atoms with Crippen molar-refractivity contribution in [3.8, 4) is 5.75 Å². The summed E-state index contributed by atoms with van der Waals surface area (Å²) in [6, 6.07) is 14.2. The number of hydrogen-bond acceptors (Lipinski definition) is 3. The minimum Gasteiger partial charge on any atom is -0.491 e. The number of hydrogen-bond donors (Lipinski definition) is 2. The number of amides is 2. The third-order valence-electron chi connectivity index (χ3n) is 3.34. The smallest absolute Gasteiger partial charge is 0.255 e. The van der Waals surface area contributed by atoms with Gasteiger partial charge in [0.15, 0.2) is 0 Å². The number of anilines is 1. The minimum atomic E-state index is -0.190. The summed E-state index contributed by atoms with van der Waals surface area (Å²) < 4.78 is 5.56. The lowest BCUT2D eigenvalue weighted by atomic mass is 10.1. The number of nitrogens with one attached hydrogen (secondary N) is 2. The average molecular weight is 326 g/mol. The summed E-state index contributed by atoms with van der Waals surface area (Å²) in [7, 11) is 1.61. The van der Waals surface area contributed by atoms with Crippen molar-refractivity contribution in [3.05, 3.63) is 59.7 Å². The summed E-state index contributed by atoms with van der Waals surface area (Å²) in [5, 5.41) is 5.41. The van der Waals surface area contributed by atoms with Gasteiger partial charge in [-0.1, -0.05) is 12.1 Å². The lowest BCUT2D eigenvalue weighted by molar-refractivity contribution is -0.119. The second-order valence-corrected chi connectivity index (χ2v) is 5.69. The van der Waals surface area contributed by atoms with Crippen LogP contribution in [-0.4, -0.2) is 25.0 Å². The van der Waals surface area contributed by atoms with Crippen LogP contribution in [0.4, 0.5) is 5.69 Å². The monoisotopic (exact) mass is 326 g/mol. The van der Waals surface area contributed by atoms with E-state index in [-0.39, 0.29) is 17.9 Å². The van der Waals surface area contributed by atoms with E-state index < -0.39 is 0 Å². The van der Waals surface area contributed by atoms with Crippen LogP contribution < -0.4 is 15.4 Å². The van der Waals surface area contributed by atoms with Gasteiger partial charge in [-0.05, 0) is 55.8 Å². The fraction of sp³-hybridized carbons (Fsp3) is 0.263. The Morgan fingerprint density at radius 2 is 1.62 bits per heavy atom. The van der Waals surface area contributed by atoms with Gasteiger partial charge in [-0.3, -0.25) is 9.59 Å². The zero-order valence-corrected chi connectivity index (χ0v) is 14.1. The molecule has 0 aliphatic rings. The van der Waals surface area contributed by atoms with Gasteiger partial charge in [0.25, 0.3) is 5.91 Å². The van der Waals surface area contributed by atoms with Crippen molar-refractivity contribution in [2.24, 2.45) is 0 Å². The Morgan fingerprint density at radius 3 is 2.17 bits per heavy atom. The van der Waals surface area contributed by atoms with Crippen LogP contribution in [0, 0.1) is 0 Å². The van der Waals surface area contributed by atoms with Gasteiger partial charge in [0.1, 0.15) is 5.75 Å². The molecule has 126 valence electrons. The van der Waals surface area contributed by atoms with Crippen molar-refractivity contribution >= 4 is 17.5 Å². The second-order valence-electron chi connectivity index (χ2n) is 5.69. The van der Waals surface area contributed by atoms with Gasteiger partial charge >= 0.3 is 0 Å². The van der Waals surface area contributed by atoms with Crippen molar-refractivity contribution in [1.29, 1.82) is 0 Å². The number of carbonyl (C=O) groups is 2. The minimum absolute atomic E-state index is 0.0458. The highest BCUT2D eigenvalue weighted by Gasteiger charge is 2.07. The first-order valence-electron chi connectivity index (χ1n) is 7.85. The number of ether oxygens (including phenoxy) is 1. The third-order valence-corrected chi connectivity index (χ3v) is 3.34. The van der Waals surface area contributed by atoms with E-state index in [4.69, 9.17) is 4.74 Å². The molecule has 5 heteroatoms. The van der Waals surface area contributed by atoms with Gasteiger partial charge in [0.05, 0.1) is 12.5 Å². The summed E-state index contributed by atoms with van der Waals surface area (Å²) in [4.78, 5) is 23.6. The predicted molar refractivity (Wildman–Crippen MR) is 94.4 cm³/mol. The molecule has 0 spiro atoms. The van der Waals surface area contributed by atoms with Crippen LogP contribution in [0.15, 0.2) is 48.5 Å². The molecule has 0 heterocycles. The molecule has 2 rings (SSSR count). The van der Waals surface area contributed by atoms with E-state index in [2.05, 4.69) is 10.6 Å². The van der Waals surface area contributed by atoms with Gasteiger partial charge in [-0.2, -0.15) is 0 Å². The molecule has 0 radical (unpaired) electrons. The molecule has 2 aromatic rings. The zero-order valence-electron chi connectivity index (χ0n) is 14.1. The van der Waals surface area contributed by atoms with Gasteiger partial charge in [0, 0.05) is 18.3 Å². The lowest BCUT2D eigenvalue weighted by Crippen LogP contribution is -2.19. The van der Waals surface area contributed by atoms with E-state index >= 15 is 0 Å². The highest BCUT2D eigenvalue weighted by Crippen LogP contribution is 2.16. The SMILES string of the molecule is CNC(=O)Cc1ccc(NC(=O)c2ccc(OC(C)C)cc2)cc1. The van der Waals surface area contributed by atoms with Crippen molar-refractivity contribution in [2.75, 3.05) is 12.4 Å². The van der Waals surface area contributed by atoms with Crippen molar-refractivity contribution in [1.82, 2.24) is 5.32 Å². The highest BCUT2D eigenvalue weighted by atomic mass is 16.5. The summed E-state index contributed by atoms with van der Waals surface area (Å²) in [5.41, 5.74) is 2.13. The molecule has 0 unspecified atom stereocenters. The maximum atomic E-state index is 12.2. The quantitative estimate of drug-likeness (QED) is 0.857. The highest BCUT2D eigenvalue weighted by molar-refractivity contribution is 6.04. The molecule has 2 N–H and O–H groups in total. The molecule has 2 aromatic carbocycles. The Morgan fingerprint density at radius 1 is 1.00 bits per heavy atom. The Labute approximate surface area is 142 Å². The van der Waals surface area contributed by atoms with Crippen molar-refractivity contribution in [3.63, 3.8) is 0 Å². The molecular formula is C19H22N2O3. The molecular weight excluding hydrogens is 304 g/mol. The fourth-order valence-electron chi connectivity index (χ4n) is 2.14. The molecule has 0 bridgehead atoms.